The first-order valence-electron chi connectivity index (χ1n) is 13.9. The van der Waals surface area contributed by atoms with Crippen LogP contribution in [0.2, 0.25) is 0 Å². The van der Waals surface area contributed by atoms with Crippen LogP contribution >= 0.6 is 11.8 Å². The fourth-order valence-corrected chi connectivity index (χ4v) is 5.86. The van der Waals surface area contributed by atoms with Gasteiger partial charge in [-0.2, -0.15) is 4.72 Å². The van der Waals surface area contributed by atoms with Crippen molar-refractivity contribution in [3.05, 3.63) is 76.9 Å². The van der Waals surface area contributed by atoms with Gasteiger partial charge in [0.2, 0.25) is 10.0 Å². The lowest BCUT2D eigenvalue weighted by Crippen LogP contribution is -2.29. The van der Waals surface area contributed by atoms with E-state index in [4.69, 9.17) is 11.2 Å². The molecule has 0 bridgehead atoms. The Bertz CT molecular complexity index is 1830. The topological polar surface area (TPSA) is 133 Å². The van der Waals surface area contributed by atoms with Gasteiger partial charge in [-0.1, -0.05) is 62.4 Å². The first-order valence-corrected chi connectivity index (χ1v) is 16.2. The third-order valence-corrected chi connectivity index (χ3v) is 8.69. The summed E-state index contributed by atoms with van der Waals surface area (Å²) in [4.78, 5) is 28.4. The Morgan fingerprint density at radius 3 is 2.58 bits per heavy atom. The molecule has 0 aliphatic heterocycles. The predicted molar refractivity (Wildman–Crippen MR) is 171 cm³/mol. The molecule has 0 saturated carbocycles. The second kappa shape index (κ2) is 18.1. The largest absolute Gasteiger partial charge is 0.349 e. The van der Waals surface area contributed by atoms with Crippen LogP contribution in [0.1, 0.15) is 55.8 Å². The van der Waals surface area contributed by atoms with Crippen molar-refractivity contribution in [3.63, 3.8) is 0 Å². The maximum atomic E-state index is 13.1. The van der Waals surface area contributed by atoms with Gasteiger partial charge in [0, 0.05) is 23.4 Å². The monoisotopic (exact) mass is 642 g/mol. The van der Waals surface area contributed by atoms with Crippen LogP contribution in [0.15, 0.2) is 75.9 Å². The molecule has 2 aromatic carbocycles. The van der Waals surface area contributed by atoms with Gasteiger partial charge in [-0.05, 0) is 72.6 Å². The van der Waals surface area contributed by atoms with Crippen molar-refractivity contribution in [3.8, 4) is 47.9 Å². The maximum absolute atomic E-state index is 13.1. The minimum absolute atomic E-state index is 0.160. The van der Waals surface area contributed by atoms with E-state index in [0.29, 0.717) is 16.9 Å². The van der Waals surface area contributed by atoms with Gasteiger partial charge in [-0.3, -0.25) is 19.5 Å². The quantitative estimate of drug-likeness (QED) is 0.0781. The number of aromatic nitrogens is 2. The van der Waals surface area contributed by atoms with E-state index in [1.807, 2.05) is 0 Å². The highest BCUT2D eigenvalue weighted by Gasteiger charge is 2.24. The van der Waals surface area contributed by atoms with Crippen LogP contribution < -0.4 is 4.72 Å². The third-order valence-electron chi connectivity index (χ3n) is 6.17. The van der Waals surface area contributed by atoms with E-state index in [1.54, 1.807) is 24.3 Å². The summed E-state index contributed by atoms with van der Waals surface area (Å²) in [6, 6.07) is 10.2. The summed E-state index contributed by atoms with van der Waals surface area (Å²) in [6.07, 6.45) is 14.5. The summed E-state index contributed by atoms with van der Waals surface area (Å²) in [5.74, 6) is 17.2. The Balaban J connectivity index is 1.74. The molecule has 1 unspecified atom stereocenters. The highest BCUT2D eigenvalue weighted by Crippen LogP contribution is 2.38. The van der Waals surface area contributed by atoms with Gasteiger partial charge in [0.1, 0.15) is 19.2 Å². The van der Waals surface area contributed by atoms with Crippen molar-refractivity contribution in [1.29, 1.82) is 0 Å². The van der Waals surface area contributed by atoms with E-state index in [0.717, 1.165) is 49.9 Å². The molecule has 0 spiro atoms. The standard InChI is InChI=1S/C33H30N4O6S2/c1-3-5-7-9-11-13-17-27(16-12-10-8-6-4-2)43-26-35-45(41,42)28-20-21-32(30(24-28)37(39)40)44-31-19-15-14-18-29(31)33(38)36-23-22-34-25-36/h1,14-15,18-25,27,35H,4,6,8,10,12,16,26H2,2H3. The van der Waals surface area contributed by atoms with Gasteiger partial charge in [0.25, 0.3) is 11.6 Å². The molecule has 0 saturated heterocycles. The molecule has 1 aromatic heterocycles. The number of sulfonamides is 1. The maximum Gasteiger partial charge on any atom is 0.284 e. The number of ether oxygens (including phenoxy) is 1. The molecule has 230 valence electrons. The number of nitro benzene ring substituents is 1. The number of benzene rings is 2. The number of nitrogens with zero attached hydrogens (tertiary/aromatic N) is 3. The third kappa shape index (κ3) is 11.0. The van der Waals surface area contributed by atoms with E-state index < -0.39 is 33.5 Å². The summed E-state index contributed by atoms with van der Waals surface area (Å²) in [5, 5.41) is 12.0. The number of hydrogen-bond acceptors (Lipinski definition) is 8. The number of nitrogens with one attached hydrogen (secondary N) is 1. The summed E-state index contributed by atoms with van der Waals surface area (Å²) in [5.41, 5.74) is -0.129. The van der Waals surface area contributed by atoms with Crippen molar-refractivity contribution in [2.45, 2.75) is 66.2 Å². The Hall–Kier alpha value is -4.82. The normalized spacial score (nSPS) is 11.0. The molecule has 0 aliphatic carbocycles. The second-order valence-corrected chi connectivity index (χ2v) is 12.2. The number of carbonyl (C=O) groups excluding carboxylic acids is 1. The zero-order valence-electron chi connectivity index (χ0n) is 24.5. The molecular formula is C33H30N4O6S2. The molecule has 1 atom stereocenters. The van der Waals surface area contributed by atoms with E-state index in [1.165, 1.54) is 35.4 Å². The molecule has 10 nitrogen and oxygen atoms in total. The Morgan fingerprint density at radius 1 is 1.09 bits per heavy atom. The van der Waals surface area contributed by atoms with Crippen LogP contribution in [0.4, 0.5) is 5.69 Å². The van der Waals surface area contributed by atoms with Crippen LogP contribution in [0.5, 0.6) is 0 Å². The van der Waals surface area contributed by atoms with Crippen molar-refractivity contribution in [2.24, 2.45) is 0 Å². The van der Waals surface area contributed by atoms with Gasteiger partial charge in [-0.15, -0.1) is 6.42 Å². The fraction of sp³-hybridized carbons (Fsp3) is 0.273. The second-order valence-electron chi connectivity index (χ2n) is 9.32. The van der Waals surface area contributed by atoms with Crippen LogP contribution in [0.3, 0.4) is 0 Å². The SMILES string of the molecule is C#CC#CC#CC#CC(CCCCCCC)OCNS(=O)(=O)c1ccc(Sc2ccccc2C(=O)n2ccnc2)c([N+](=O)[O-])c1. The predicted octanol–water partition coefficient (Wildman–Crippen LogP) is 5.26. The van der Waals surface area contributed by atoms with Crippen LogP contribution in [0, 0.1) is 58.0 Å². The lowest BCUT2D eigenvalue weighted by Gasteiger charge is -2.14. The lowest BCUT2D eigenvalue weighted by atomic mass is 10.1. The minimum atomic E-state index is -4.19. The van der Waals surface area contributed by atoms with Gasteiger partial charge in [-0.25, -0.2) is 13.4 Å². The molecule has 0 fully saturated rings. The molecule has 0 aliphatic rings. The lowest BCUT2D eigenvalue weighted by molar-refractivity contribution is -0.388. The molecule has 3 rings (SSSR count). The van der Waals surface area contributed by atoms with E-state index in [2.05, 4.69) is 58.1 Å². The van der Waals surface area contributed by atoms with Gasteiger partial charge in [0.05, 0.1) is 20.3 Å². The minimum Gasteiger partial charge on any atom is -0.349 e. The number of unbranched alkanes of at least 4 members (excludes halogenated alkanes) is 4. The number of nitro groups is 1. The van der Waals surface area contributed by atoms with Crippen molar-refractivity contribution in [1.82, 2.24) is 14.3 Å². The zero-order valence-corrected chi connectivity index (χ0v) is 26.1. The van der Waals surface area contributed by atoms with Crippen molar-refractivity contribution in [2.75, 3.05) is 6.73 Å². The van der Waals surface area contributed by atoms with Gasteiger partial charge >= 0.3 is 0 Å². The Kier molecular flexibility index (Phi) is 13.9. The van der Waals surface area contributed by atoms with Crippen LogP contribution in [-0.4, -0.2) is 41.6 Å². The average Bonchev–Trinajstić information content (AvgIpc) is 3.57. The first-order chi connectivity index (χ1) is 21.8. The fourth-order valence-electron chi connectivity index (χ4n) is 3.93. The molecular weight excluding hydrogens is 613 g/mol. The van der Waals surface area contributed by atoms with E-state index in [9.17, 15) is 23.3 Å². The average molecular weight is 643 g/mol. The summed E-state index contributed by atoms with van der Waals surface area (Å²) in [7, 11) is -4.19. The summed E-state index contributed by atoms with van der Waals surface area (Å²) >= 11 is 0.981. The number of rotatable bonds is 15. The highest BCUT2D eigenvalue weighted by atomic mass is 32.2. The van der Waals surface area contributed by atoms with Crippen molar-refractivity contribution < 1.29 is 22.9 Å². The molecule has 12 heteroatoms. The van der Waals surface area contributed by atoms with Crippen molar-refractivity contribution >= 4 is 33.4 Å². The smallest absolute Gasteiger partial charge is 0.284 e. The molecule has 1 heterocycles. The number of carbonyl (C=O) groups is 1. The van der Waals surface area contributed by atoms with E-state index in [-0.39, 0.29) is 15.7 Å². The molecule has 1 N–H and O–H groups in total. The highest BCUT2D eigenvalue weighted by molar-refractivity contribution is 7.99. The number of hydrogen-bond donors (Lipinski definition) is 1. The molecule has 3 aromatic rings. The summed E-state index contributed by atoms with van der Waals surface area (Å²) in [6.45, 7) is 1.72. The zero-order chi connectivity index (χ0) is 32.5. The number of terminal acetylenes is 1. The van der Waals surface area contributed by atoms with Crippen LogP contribution in [0.25, 0.3) is 0 Å². The van der Waals surface area contributed by atoms with E-state index >= 15 is 0 Å². The summed E-state index contributed by atoms with van der Waals surface area (Å²) < 4.78 is 35.5. The first kappa shape index (κ1) is 34.7. The van der Waals surface area contributed by atoms with Crippen LogP contribution in [-0.2, 0) is 14.8 Å². The molecule has 0 radical (unpaired) electrons. The number of imidazole rings is 1. The van der Waals surface area contributed by atoms with Gasteiger partial charge in [0.15, 0.2) is 0 Å². The Morgan fingerprint density at radius 2 is 1.84 bits per heavy atom. The molecule has 0 amide bonds. The molecule has 45 heavy (non-hydrogen) atoms. The van der Waals surface area contributed by atoms with Gasteiger partial charge < -0.3 is 4.74 Å². The Labute approximate surface area is 267 Å².